The van der Waals surface area contributed by atoms with Gasteiger partial charge in [-0.1, -0.05) is 54.6 Å². The molecule has 3 N–H and O–H groups in total. The summed E-state index contributed by atoms with van der Waals surface area (Å²) >= 11 is 0. The summed E-state index contributed by atoms with van der Waals surface area (Å²) in [5, 5.41) is 19.3. The van der Waals surface area contributed by atoms with Crippen molar-refractivity contribution in [2.45, 2.75) is 19.1 Å². The van der Waals surface area contributed by atoms with Crippen molar-refractivity contribution >= 4 is 12.1 Å². The van der Waals surface area contributed by atoms with Crippen LogP contribution in [0.15, 0.2) is 54.6 Å². The van der Waals surface area contributed by atoms with E-state index in [0.717, 1.165) is 5.56 Å². The Hall–Kier alpha value is -2.86. The highest BCUT2D eigenvalue weighted by Crippen LogP contribution is 2.25. The Kier molecular flexibility index (Phi) is 6.33. The summed E-state index contributed by atoms with van der Waals surface area (Å²) in [6.07, 6.45) is 0.364. The fourth-order valence-electron chi connectivity index (χ4n) is 1.93. The molecule has 2 aromatic rings. The highest BCUT2D eigenvalue weighted by atomic mass is 16.5. The van der Waals surface area contributed by atoms with Crippen molar-refractivity contribution in [3.05, 3.63) is 71.3 Å². The van der Waals surface area contributed by atoms with Gasteiger partial charge in [-0.15, -0.1) is 0 Å². The quantitative estimate of drug-likeness (QED) is 0.665. The van der Waals surface area contributed by atoms with Gasteiger partial charge < -0.3 is 20.3 Å². The summed E-state index contributed by atoms with van der Waals surface area (Å²) in [6.45, 7) is -0.639. The topological polar surface area (TPSA) is 95.9 Å². The van der Waals surface area contributed by atoms with Crippen molar-refractivity contribution < 1.29 is 24.5 Å². The molecule has 6 nitrogen and oxygen atoms in total. The average molecular weight is 329 g/mol. The number of carboxylic acids is 1. The van der Waals surface area contributed by atoms with Gasteiger partial charge in [0.05, 0.1) is 6.61 Å². The Morgan fingerprint density at radius 2 is 1.62 bits per heavy atom. The summed E-state index contributed by atoms with van der Waals surface area (Å²) in [6, 6.07) is 16.1. The minimum Gasteiger partial charge on any atom is -0.480 e. The van der Waals surface area contributed by atoms with E-state index < -0.39 is 24.7 Å². The van der Waals surface area contributed by atoms with E-state index in [9.17, 15) is 9.59 Å². The zero-order valence-corrected chi connectivity index (χ0v) is 13.0. The summed E-state index contributed by atoms with van der Waals surface area (Å²) in [7, 11) is 0. The molecule has 0 aliphatic heterocycles. The van der Waals surface area contributed by atoms with Gasteiger partial charge in [0.15, 0.2) is 6.04 Å². The third kappa shape index (κ3) is 5.73. The lowest BCUT2D eigenvalue weighted by Crippen LogP contribution is -2.43. The van der Waals surface area contributed by atoms with Gasteiger partial charge in [0.1, 0.15) is 6.61 Å². The van der Waals surface area contributed by atoms with Crippen LogP contribution in [0.1, 0.15) is 16.7 Å². The second-order valence-electron chi connectivity index (χ2n) is 5.22. The van der Waals surface area contributed by atoms with Crippen LogP contribution >= 0.6 is 0 Å². The van der Waals surface area contributed by atoms with Crippen molar-refractivity contribution in [2.75, 3.05) is 6.61 Å². The standard InChI is InChI=1S/C11H13NO5.C7H6/c13-6-9(10(14)15)12-11(16)17-7-8-4-2-1-3-5-8;1-2-4-7-5-6(7)3-1/h1-5,9,13H,6-7H2,(H,12,16)(H,14,15);1-4H,5H2. The summed E-state index contributed by atoms with van der Waals surface area (Å²) in [4.78, 5) is 21.7. The van der Waals surface area contributed by atoms with E-state index in [-0.39, 0.29) is 6.61 Å². The summed E-state index contributed by atoms with van der Waals surface area (Å²) in [5.74, 6) is -1.32. The number of hydrogen-bond acceptors (Lipinski definition) is 4. The van der Waals surface area contributed by atoms with Gasteiger partial charge in [0, 0.05) is 0 Å². The van der Waals surface area contributed by atoms with Gasteiger partial charge in [-0.3, -0.25) is 0 Å². The number of aliphatic hydroxyl groups excluding tert-OH is 1. The number of hydrogen-bond donors (Lipinski definition) is 3. The van der Waals surface area contributed by atoms with E-state index in [0.29, 0.717) is 0 Å². The molecule has 24 heavy (non-hydrogen) atoms. The maximum atomic E-state index is 11.2. The monoisotopic (exact) mass is 329 g/mol. The van der Waals surface area contributed by atoms with Gasteiger partial charge in [-0.05, 0) is 23.1 Å². The van der Waals surface area contributed by atoms with E-state index in [1.165, 1.54) is 17.5 Å². The molecule has 0 fully saturated rings. The van der Waals surface area contributed by atoms with Gasteiger partial charge in [0.2, 0.25) is 0 Å². The minimum absolute atomic E-state index is 0.0461. The van der Waals surface area contributed by atoms with E-state index in [1.54, 1.807) is 24.3 Å². The minimum atomic E-state index is -1.35. The molecule has 2 aromatic carbocycles. The number of aliphatic carboxylic acids is 1. The molecule has 0 heterocycles. The predicted octanol–water partition coefficient (Wildman–Crippen LogP) is 1.95. The first-order valence-corrected chi connectivity index (χ1v) is 7.48. The third-order valence-electron chi connectivity index (χ3n) is 3.36. The molecule has 3 rings (SSSR count). The van der Waals surface area contributed by atoms with Crippen LogP contribution in [-0.2, 0) is 22.6 Å². The number of carboxylic acid groups (broad SMARTS) is 1. The number of alkyl carbamates (subject to hydrolysis) is 1. The first-order chi connectivity index (χ1) is 11.6. The fraction of sp³-hybridized carbons (Fsp3) is 0.222. The fourth-order valence-corrected chi connectivity index (χ4v) is 1.93. The lowest BCUT2D eigenvalue weighted by atomic mass is 10.2. The number of aliphatic hydroxyl groups is 1. The Labute approximate surface area is 139 Å². The van der Waals surface area contributed by atoms with Crippen molar-refractivity contribution in [2.24, 2.45) is 0 Å². The van der Waals surface area contributed by atoms with Crippen molar-refractivity contribution in [1.29, 1.82) is 0 Å². The number of rotatable bonds is 5. The Bertz CT molecular complexity index is 666. The summed E-state index contributed by atoms with van der Waals surface area (Å²) < 4.78 is 4.79. The second-order valence-corrected chi connectivity index (χ2v) is 5.22. The molecule has 0 saturated heterocycles. The first-order valence-electron chi connectivity index (χ1n) is 7.48. The molecule has 0 bridgehead atoms. The van der Waals surface area contributed by atoms with Crippen LogP contribution in [0.3, 0.4) is 0 Å². The molecule has 1 aliphatic rings. The van der Waals surface area contributed by atoms with E-state index >= 15 is 0 Å². The molecule has 0 spiro atoms. The number of fused-ring (bicyclic) bond motifs is 1. The van der Waals surface area contributed by atoms with Crippen LogP contribution < -0.4 is 5.32 Å². The number of carbonyl (C=O) groups is 2. The van der Waals surface area contributed by atoms with Gasteiger partial charge in [0.25, 0.3) is 0 Å². The molecular weight excluding hydrogens is 310 g/mol. The molecule has 1 amide bonds. The van der Waals surface area contributed by atoms with E-state index in [4.69, 9.17) is 14.9 Å². The number of nitrogens with one attached hydrogen (secondary N) is 1. The highest BCUT2D eigenvalue weighted by Gasteiger charge is 2.19. The number of carbonyl (C=O) groups excluding carboxylic acids is 1. The predicted molar refractivity (Wildman–Crippen MR) is 87.5 cm³/mol. The normalized spacial score (nSPS) is 12.0. The number of ether oxygens (including phenoxy) is 1. The van der Waals surface area contributed by atoms with Crippen LogP contribution in [0.5, 0.6) is 0 Å². The Morgan fingerprint density at radius 3 is 2.12 bits per heavy atom. The SMILES string of the molecule is O=C(NC(CO)C(=O)O)OCc1ccccc1.c1ccc2c(c1)C2. The van der Waals surface area contributed by atoms with Crippen LogP contribution in [0.2, 0.25) is 0 Å². The van der Waals surface area contributed by atoms with Crippen molar-refractivity contribution in [1.82, 2.24) is 5.32 Å². The molecule has 6 heteroatoms. The highest BCUT2D eigenvalue weighted by molar-refractivity contribution is 5.79. The number of amides is 1. The summed E-state index contributed by atoms with van der Waals surface area (Å²) in [5.41, 5.74) is 3.85. The van der Waals surface area contributed by atoms with Crippen LogP contribution in [0.25, 0.3) is 0 Å². The molecule has 1 atom stereocenters. The lowest BCUT2D eigenvalue weighted by molar-refractivity contribution is -0.140. The second kappa shape index (κ2) is 8.69. The first kappa shape index (κ1) is 17.5. The van der Waals surface area contributed by atoms with Crippen molar-refractivity contribution in [3.63, 3.8) is 0 Å². The molecule has 0 radical (unpaired) electrons. The van der Waals surface area contributed by atoms with Crippen LogP contribution in [0.4, 0.5) is 4.79 Å². The van der Waals surface area contributed by atoms with Gasteiger partial charge in [-0.2, -0.15) is 0 Å². The Morgan fingerprint density at radius 1 is 1.04 bits per heavy atom. The molecule has 1 aliphatic carbocycles. The average Bonchev–Trinajstić information content (AvgIpc) is 3.38. The van der Waals surface area contributed by atoms with E-state index in [2.05, 4.69) is 24.3 Å². The lowest BCUT2D eigenvalue weighted by Gasteiger charge is -2.11. The smallest absolute Gasteiger partial charge is 0.408 e. The zero-order valence-electron chi connectivity index (χ0n) is 13.0. The van der Waals surface area contributed by atoms with Gasteiger partial charge >= 0.3 is 12.1 Å². The van der Waals surface area contributed by atoms with Crippen LogP contribution in [0, 0.1) is 0 Å². The Balaban J connectivity index is 0.000000242. The third-order valence-corrected chi connectivity index (χ3v) is 3.36. The molecule has 126 valence electrons. The number of benzene rings is 2. The molecular formula is C18H19NO5. The largest absolute Gasteiger partial charge is 0.480 e. The van der Waals surface area contributed by atoms with Gasteiger partial charge in [-0.25, -0.2) is 9.59 Å². The maximum absolute atomic E-state index is 11.2. The maximum Gasteiger partial charge on any atom is 0.408 e. The zero-order chi connectivity index (χ0) is 17.4. The van der Waals surface area contributed by atoms with E-state index in [1.807, 2.05) is 11.4 Å². The molecule has 0 saturated carbocycles. The van der Waals surface area contributed by atoms with Crippen LogP contribution in [-0.4, -0.2) is 34.9 Å². The van der Waals surface area contributed by atoms with Crippen molar-refractivity contribution in [3.8, 4) is 0 Å². The molecule has 1 unspecified atom stereocenters. The molecule has 0 aromatic heterocycles.